The first-order valence-electron chi connectivity index (χ1n) is 10.0. The molecule has 2 heterocycles. The van der Waals surface area contributed by atoms with Gasteiger partial charge in [-0.25, -0.2) is 0 Å². The number of ketones is 2. The van der Waals surface area contributed by atoms with E-state index in [1.165, 1.54) is 0 Å². The quantitative estimate of drug-likeness (QED) is 0.226. The van der Waals surface area contributed by atoms with E-state index >= 15 is 0 Å². The third kappa shape index (κ3) is 7.12. The van der Waals surface area contributed by atoms with E-state index in [1.54, 1.807) is 48.5 Å². The molecule has 4 nitrogen and oxygen atoms in total. The number of Topliss-reactive ketones (excluding diaryl/α,β-unsaturated/α-hetero) is 2. The molecular weight excluding hydrogens is 514 g/mol. The SMILES string of the molecule is O=C(C[n+]1ccc(-c2cc[n+](CC(=O)c3ccc(Cl)cc3)cc2)cc1)c1ccc(Cl)cc1.[Cl-].[Cl-]. The van der Waals surface area contributed by atoms with Gasteiger partial charge in [0.2, 0.25) is 24.7 Å². The first-order valence-corrected chi connectivity index (χ1v) is 10.8. The topological polar surface area (TPSA) is 41.9 Å². The normalized spacial score (nSPS) is 10.1. The average Bonchev–Trinajstić information content (AvgIpc) is 2.81. The summed E-state index contributed by atoms with van der Waals surface area (Å²) in [6.45, 7) is 0.507. The minimum absolute atomic E-state index is 0. The number of halogens is 4. The first kappa shape index (κ1) is 27.5. The molecule has 0 unspecified atom stereocenters. The number of aromatic nitrogens is 2. The molecule has 2 aromatic carbocycles. The summed E-state index contributed by atoms with van der Waals surface area (Å²) in [7, 11) is 0. The lowest BCUT2D eigenvalue weighted by Crippen LogP contribution is -3.00. The summed E-state index contributed by atoms with van der Waals surface area (Å²) in [5.74, 6) is 0.0380. The molecule has 4 aromatic rings. The summed E-state index contributed by atoms with van der Waals surface area (Å²) in [6.07, 6.45) is 7.53. The second kappa shape index (κ2) is 12.6. The molecule has 0 saturated carbocycles. The van der Waals surface area contributed by atoms with Crippen molar-refractivity contribution in [3.63, 3.8) is 0 Å². The molecule has 0 amide bonds. The van der Waals surface area contributed by atoms with E-state index in [9.17, 15) is 9.59 Å². The predicted molar refractivity (Wildman–Crippen MR) is 124 cm³/mol. The first-order chi connectivity index (χ1) is 15.5. The molecule has 0 atom stereocenters. The summed E-state index contributed by atoms with van der Waals surface area (Å²) in [4.78, 5) is 24.8. The van der Waals surface area contributed by atoms with Gasteiger partial charge in [-0.1, -0.05) is 23.2 Å². The van der Waals surface area contributed by atoms with Gasteiger partial charge in [-0.15, -0.1) is 0 Å². The molecule has 34 heavy (non-hydrogen) atoms. The number of pyridine rings is 2. The van der Waals surface area contributed by atoms with Crippen LogP contribution < -0.4 is 33.9 Å². The zero-order valence-electron chi connectivity index (χ0n) is 17.9. The fourth-order valence-corrected chi connectivity index (χ4v) is 3.55. The van der Waals surface area contributed by atoms with E-state index in [0.717, 1.165) is 11.1 Å². The lowest BCUT2D eigenvalue weighted by atomic mass is 10.1. The number of rotatable bonds is 7. The Balaban J connectivity index is 0.00000204. The van der Waals surface area contributed by atoms with E-state index < -0.39 is 0 Å². The van der Waals surface area contributed by atoms with Crippen molar-refractivity contribution in [1.29, 1.82) is 0 Å². The van der Waals surface area contributed by atoms with Crippen LogP contribution >= 0.6 is 23.2 Å². The van der Waals surface area contributed by atoms with Crippen LogP contribution in [-0.2, 0) is 13.1 Å². The van der Waals surface area contributed by atoms with Crippen LogP contribution in [0.1, 0.15) is 20.7 Å². The lowest BCUT2D eigenvalue weighted by Gasteiger charge is -2.02. The number of hydrogen-bond donors (Lipinski definition) is 0. The van der Waals surface area contributed by atoms with Crippen LogP contribution in [0.25, 0.3) is 11.1 Å². The van der Waals surface area contributed by atoms with Crippen molar-refractivity contribution in [3.8, 4) is 11.1 Å². The molecule has 174 valence electrons. The van der Waals surface area contributed by atoms with Gasteiger partial charge in [-0.2, -0.15) is 9.13 Å². The van der Waals surface area contributed by atoms with Gasteiger partial charge in [0.25, 0.3) is 0 Å². The highest BCUT2D eigenvalue weighted by molar-refractivity contribution is 6.31. The Labute approximate surface area is 220 Å². The number of hydrogen-bond acceptors (Lipinski definition) is 2. The Kier molecular flexibility index (Phi) is 10.2. The van der Waals surface area contributed by atoms with E-state index in [-0.39, 0.29) is 49.5 Å². The largest absolute Gasteiger partial charge is 1.00 e. The molecule has 0 saturated heterocycles. The van der Waals surface area contributed by atoms with Gasteiger partial charge in [0.1, 0.15) is 0 Å². The zero-order valence-corrected chi connectivity index (χ0v) is 20.9. The Hall–Kier alpha value is -2.76. The van der Waals surface area contributed by atoms with Gasteiger partial charge in [-0.3, -0.25) is 9.59 Å². The maximum atomic E-state index is 12.4. The Morgan fingerprint density at radius 3 is 1.12 bits per heavy atom. The molecule has 4 rings (SSSR count). The standard InChI is InChI=1S/C26H20Cl2N2O2.2ClH/c27-23-5-1-21(2-6-23)25(31)17-29-13-9-19(10-14-29)20-11-15-30(16-12-20)18-26(32)22-3-7-24(28)8-4-22;;/h1-16H,17-18H2;2*1H/q+2;;/p-2. The van der Waals surface area contributed by atoms with Crippen LogP contribution in [-0.4, -0.2) is 11.6 Å². The van der Waals surface area contributed by atoms with Crippen LogP contribution in [0.5, 0.6) is 0 Å². The molecular formula is C26H20Cl4N2O2. The monoisotopic (exact) mass is 532 g/mol. The highest BCUT2D eigenvalue weighted by atomic mass is 35.5. The van der Waals surface area contributed by atoms with Gasteiger partial charge in [0.05, 0.1) is 0 Å². The molecule has 0 radical (unpaired) electrons. The van der Waals surface area contributed by atoms with Gasteiger partial charge in [-0.05, 0) is 59.7 Å². The highest BCUT2D eigenvalue weighted by Crippen LogP contribution is 2.16. The van der Waals surface area contributed by atoms with E-state index in [1.807, 2.05) is 58.2 Å². The number of nitrogens with zero attached hydrogens (tertiary/aromatic N) is 2. The van der Waals surface area contributed by atoms with E-state index in [2.05, 4.69) is 0 Å². The summed E-state index contributed by atoms with van der Waals surface area (Å²) in [5.41, 5.74) is 3.31. The zero-order chi connectivity index (χ0) is 22.5. The summed E-state index contributed by atoms with van der Waals surface area (Å²) < 4.78 is 3.68. The van der Waals surface area contributed by atoms with Crippen LogP contribution in [0.15, 0.2) is 97.6 Å². The highest BCUT2D eigenvalue weighted by Gasteiger charge is 2.14. The molecule has 0 N–H and O–H groups in total. The molecule has 0 bridgehead atoms. The van der Waals surface area contributed by atoms with Gasteiger partial charge >= 0.3 is 0 Å². The van der Waals surface area contributed by atoms with Crippen LogP contribution in [0.4, 0.5) is 0 Å². The number of carbonyl (C=O) groups is 2. The molecule has 0 aliphatic carbocycles. The van der Waals surface area contributed by atoms with Gasteiger partial charge in [0, 0.05) is 45.4 Å². The van der Waals surface area contributed by atoms with Crippen molar-refractivity contribution in [1.82, 2.24) is 0 Å². The van der Waals surface area contributed by atoms with Crippen LogP contribution in [0.3, 0.4) is 0 Å². The molecule has 0 aliphatic heterocycles. The average molecular weight is 534 g/mol. The van der Waals surface area contributed by atoms with Crippen molar-refractivity contribution >= 4 is 34.8 Å². The molecule has 2 aromatic heterocycles. The van der Waals surface area contributed by atoms with E-state index in [4.69, 9.17) is 23.2 Å². The fourth-order valence-electron chi connectivity index (χ4n) is 3.30. The minimum atomic E-state index is 0. The second-order valence-electron chi connectivity index (χ2n) is 7.38. The fraction of sp³-hybridized carbons (Fsp3) is 0.0769. The lowest BCUT2D eigenvalue weighted by molar-refractivity contribution is -0.683. The summed E-state index contributed by atoms with van der Waals surface area (Å²) in [6, 6.07) is 21.7. The van der Waals surface area contributed by atoms with Crippen molar-refractivity contribution < 1.29 is 43.5 Å². The Morgan fingerprint density at radius 2 is 0.824 bits per heavy atom. The maximum absolute atomic E-state index is 12.4. The molecule has 0 fully saturated rings. The second-order valence-corrected chi connectivity index (χ2v) is 8.25. The smallest absolute Gasteiger partial charge is 0.227 e. The van der Waals surface area contributed by atoms with Crippen LogP contribution in [0, 0.1) is 0 Å². The van der Waals surface area contributed by atoms with Crippen LogP contribution in [0.2, 0.25) is 10.0 Å². The summed E-state index contributed by atoms with van der Waals surface area (Å²) in [5, 5.41) is 1.22. The van der Waals surface area contributed by atoms with Crippen molar-refractivity contribution in [2.45, 2.75) is 13.1 Å². The molecule has 8 heteroatoms. The number of carbonyl (C=O) groups excluding carboxylic acids is 2. The molecule has 0 spiro atoms. The van der Waals surface area contributed by atoms with Gasteiger partial charge < -0.3 is 24.8 Å². The third-order valence-corrected chi connectivity index (χ3v) is 5.60. The van der Waals surface area contributed by atoms with Crippen molar-refractivity contribution in [3.05, 3.63) is 119 Å². The van der Waals surface area contributed by atoms with Gasteiger partial charge in [0.15, 0.2) is 24.8 Å². The minimum Gasteiger partial charge on any atom is -1.00 e. The third-order valence-electron chi connectivity index (χ3n) is 5.10. The van der Waals surface area contributed by atoms with E-state index in [0.29, 0.717) is 21.2 Å². The maximum Gasteiger partial charge on any atom is 0.227 e. The van der Waals surface area contributed by atoms with Crippen molar-refractivity contribution in [2.75, 3.05) is 0 Å². The van der Waals surface area contributed by atoms with Crippen molar-refractivity contribution in [2.24, 2.45) is 0 Å². The Bertz CT molecular complexity index is 1140. The summed E-state index contributed by atoms with van der Waals surface area (Å²) >= 11 is 11.8. The molecule has 0 aliphatic rings. The predicted octanol–water partition coefficient (Wildman–Crippen LogP) is -0.991. The number of benzene rings is 2. The Morgan fingerprint density at radius 1 is 0.529 bits per heavy atom.